The van der Waals surface area contributed by atoms with Crippen LogP contribution in [-0.2, 0) is 24.8 Å². The topological polar surface area (TPSA) is 93.1 Å². The van der Waals surface area contributed by atoms with Crippen molar-refractivity contribution in [2.75, 3.05) is 6.61 Å². The number of Topliss-reactive ketones (excluding diaryl/α,β-unsaturated/α-hetero) is 1. The number of hydrogen-bond acceptors (Lipinski definition) is 7. The van der Waals surface area contributed by atoms with Gasteiger partial charge in [0.15, 0.2) is 28.6 Å². The minimum Gasteiger partial charge on any atom is -0.390 e. The first kappa shape index (κ1) is 33.2. The van der Waals surface area contributed by atoms with Gasteiger partial charge in [-0.3, -0.25) is 9.59 Å². The summed E-state index contributed by atoms with van der Waals surface area (Å²) < 4.78 is 46.8. The van der Waals surface area contributed by atoms with E-state index in [1.165, 1.54) is 17.7 Å². The van der Waals surface area contributed by atoms with E-state index >= 15 is 8.78 Å². The zero-order valence-corrected chi connectivity index (χ0v) is 26.6. The molecule has 1 heterocycles. The summed E-state index contributed by atoms with van der Waals surface area (Å²) >= 11 is 1.61. The Labute approximate surface area is 273 Å². The molecule has 4 fully saturated rings. The van der Waals surface area contributed by atoms with E-state index in [9.17, 15) is 19.8 Å². The molecule has 6 nitrogen and oxygen atoms in total. The molecule has 9 heteroatoms. The molecule has 1 saturated heterocycles. The van der Waals surface area contributed by atoms with E-state index in [-0.39, 0.29) is 32.3 Å². The number of allylic oxidation sites excluding steroid dienone is 4. The Balaban J connectivity index is 0.00000372. The standard InChI is InChI=1S/C36H38F2O6S.CH4/c1-20-5-9-23(10-6-20)45-24-11-7-21(8-12-24)34(4)43-31-17-25-26-16-28(37)27-15-22(40)13-14-32(27,2)35(26,38)29(41)18-33(25,3)36(31,44-34)30(42)19-39;/h5-15,25-26,28-29,31,39,41H,16-19H2,1-4H3;1H4/t25-,26-,28-,29-,31+,32-,33-,34+,35-,36+;/m0./s1. The van der Waals surface area contributed by atoms with Crippen molar-refractivity contribution in [1.82, 2.24) is 0 Å². The fourth-order valence-electron chi connectivity index (χ4n) is 9.46. The van der Waals surface area contributed by atoms with E-state index in [2.05, 4.69) is 24.3 Å². The lowest BCUT2D eigenvalue weighted by Crippen LogP contribution is -2.71. The average Bonchev–Trinajstić information content (AvgIpc) is 3.45. The van der Waals surface area contributed by atoms with Crippen molar-refractivity contribution in [3.05, 3.63) is 83.5 Å². The fourth-order valence-corrected chi connectivity index (χ4v) is 10.3. The number of benzene rings is 2. The van der Waals surface area contributed by atoms with E-state index < -0.39 is 76.3 Å². The number of ketones is 2. The minimum absolute atomic E-state index is 0. The van der Waals surface area contributed by atoms with Crippen molar-refractivity contribution >= 4 is 23.3 Å². The second kappa shape index (κ2) is 10.9. The van der Waals surface area contributed by atoms with Gasteiger partial charge in [0.25, 0.3) is 0 Å². The molecule has 0 bridgehead atoms. The first-order chi connectivity index (χ1) is 21.2. The van der Waals surface area contributed by atoms with Crippen LogP contribution in [0.5, 0.6) is 0 Å². The maximum absolute atomic E-state index is 17.6. The fraction of sp³-hybridized carbons (Fsp3) is 0.514. The summed E-state index contributed by atoms with van der Waals surface area (Å²) in [4.78, 5) is 28.1. The lowest BCUT2D eigenvalue weighted by Gasteiger charge is -2.63. The second-order valence-corrected chi connectivity index (χ2v) is 15.2. The van der Waals surface area contributed by atoms with Crippen LogP contribution >= 0.6 is 11.8 Å². The first-order valence-electron chi connectivity index (χ1n) is 15.6. The number of halogens is 2. The van der Waals surface area contributed by atoms with Gasteiger partial charge in [0.05, 0.1) is 12.2 Å². The Bertz CT molecular complexity index is 1630. The maximum Gasteiger partial charge on any atom is 0.193 e. The number of aryl methyl sites for hydroxylation is 1. The predicted molar refractivity (Wildman–Crippen MR) is 171 cm³/mol. The summed E-state index contributed by atoms with van der Waals surface area (Å²) in [5.41, 5.74) is -4.81. The summed E-state index contributed by atoms with van der Waals surface area (Å²) in [7, 11) is 0. The highest BCUT2D eigenvalue weighted by Gasteiger charge is 2.81. The molecule has 10 atom stereocenters. The Morgan fingerprint density at radius 2 is 1.65 bits per heavy atom. The van der Waals surface area contributed by atoms with Crippen molar-refractivity contribution in [1.29, 1.82) is 0 Å². The van der Waals surface area contributed by atoms with Gasteiger partial charge in [-0.2, -0.15) is 0 Å². The van der Waals surface area contributed by atoms with Gasteiger partial charge < -0.3 is 19.7 Å². The van der Waals surface area contributed by atoms with Gasteiger partial charge in [-0.15, -0.1) is 0 Å². The van der Waals surface area contributed by atoms with Crippen LogP contribution in [0.2, 0.25) is 0 Å². The van der Waals surface area contributed by atoms with Crippen molar-refractivity contribution in [3.8, 4) is 0 Å². The Hall–Kier alpha value is -2.69. The van der Waals surface area contributed by atoms with Crippen molar-refractivity contribution in [2.45, 2.75) is 99.6 Å². The zero-order valence-electron chi connectivity index (χ0n) is 25.8. The van der Waals surface area contributed by atoms with Gasteiger partial charge in [0.1, 0.15) is 12.8 Å². The SMILES string of the molecule is C.Cc1ccc(Sc2ccc([C@]3(C)O[C@@H]4C[C@H]5[C@@H]6C[C@H](F)C7=CC(=O)C=C[C@]7(C)[C@@]6(F)[C@@H](O)C[C@]5(C)[C@]4(C(=O)CO)O3)cc2)cc1. The van der Waals surface area contributed by atoms with Crippen molar-refractivity contribution < 1.29 is 38.1 Å². The zero-order chi connectivity index (χ0) is 32.2. The molecule has 246 valence electrons. The highest BCUT2D eigenvalue weighted by atomic mass is 32.2. The van der Waals surface area contributed by atoms with Crippen LogP contribution in [0.1, 0.15) is 58.6 Å². The summed E-state index contributed by atoms with van der Waals surface area (Å²) in [5.74, 6) is -3.98. The maximum atomic E-state index is 17.6. The van der Waals surface area contributed by atoms with Crippen LogP contribution in [0.25, 0.3) is 0 Å². The molecule has 0 aromatic heterocycles. The Morgan fingerprint density at radius 3 is 2.28 bits per heavy atom. The van der Waals surface area contributed by atoms with Crippen molar-refractivity contribution in [2.24, 2.45) is 22.7 Å². The third-order valence-electron chi connectivity index (χ3n) is 11.7. The van der Waals surface area contributed by atoms with Gasteiger partial charge in [0.2, 0.25) is 0 Å². The molecule has 4 aliphatic carbocycles. The molecular weight excluding hydrogens is 610 g/mol. The number of carbonyl (C=O) groups is 2. The highest BCUT2D eigenvalue weighted by Crippen LogP contribution is 2.73. The van der Waals surface area contributed by atoms with Crippen LogP contribution in [-0.4, -0.2) is 58.0 Å². The van der Waals surface area contributed by atoms with Crippen molar-refractivity contribution in [3.63, 3.8) is 0 Å². The van der Waals surface area contributed by atoms with Crippen LogP contribution in [0.3, 0.4) is 0 Å². The number of hydrogen-bond donors (Lipinski definition) is 2. The smallest absolute Gasteiger partial charge is 0.193 e. The predicted octanol–water partition coefficient (Wildman–Crippen LogP) is 6.60. The summed E-state index contributed by atoms with van der Waals surface area (Å²) in [6.45, 7) is 6.27. The lowest BCUT2D eigenvalue weighted by molar-refractivity contribution is -0.256. The molecule has 3 saturated carbocycles. The van der Waals surface area contributed by atoms with Crippen LogP contribution in [0, 0.1) is 29.6 Å². The molecule has 0 unspecified atom stereocenters. The van der Waals surface area contributed by atoms with E-state index in [0.29, 0.717) is 5.56 Å². The number of carbonyl (C=O) groups excluding carboxylic acids is 2. The summed E-state index contributed by atoms with van der Waals surface area (Å²) in [6.07, 6.45) is -0.492. The molecule has 1 aliphatic heterocycles. The first-order valence-corrected chi connectivity index (χ1v) is 16.4. The number of aliphatic hydroxyl groups is 2. The molecule has 2 aromatic carbocycles. The van der Waals surface area contributed by atoms with E-state index in [4.69, 9.17) is 9.47 Å². The minimum atomic E-state index is -2.29. The highest BCUT2D eigenvalue weighted by molar-refractivity contribution is 7.99. The molecule has 2 N–H and O–H groups in total. The number of rotatable bonds is 5. The summed E-state index contributed by atoms with van der Waals surface area (Å²) in [5, 5.41) is 22.0. The van der Waals surface area contributed by atoms with E-state index in [0.717, 1.165) is 15.9 Å². The third kappa shape index (κ3) is 4.27. The van der Waals surface area contributed by atoms with Gasteiger partial charge in [-0.05, 0) is 87.9 Å². The summed E-state index contributed by atoms with van der Waals surface area (Å²) in [6, 6.07) is 15.9. The number of ether oxygens (including phenoxy) is 2. The van der Waals surface area contributed by atoms with Crippen LogP contribution < -0.4 is 0 Å². The lowest BCUT2D eigenvalue weighted by atomic mass is 9.44. The number of aliphatic hydroxyl groups excluding tert-OH is 2. The molecular formula is C37H42F2O6S. The van der Waals surface area contributed by atoms with Gasteiger partial charge in [-0.1, -0.05) is 62.0 Å². The molecule has 0 spiro atoms. The largest absolute Gasteiger partial charge is 0.390 e. The van der Waals surface area contributed by atoms with E-state index in [1.807, 2.05) is 31.2 Å². The van der Waals surface area contributed by atoms with Crippen LogP contribution in [0.4, 0.5) is 8.78 Å². The molecule has 46 heavy (non-hydrogen) atoms. The van der Waals surface area contributed by atoms with Gasteiger partial charge in [0, 0.05) is 32.1 Å². The van der Waals surface area contributed by atoms with Gasteiger partial charge in [-0.25, -0.2) is 8.78 Å². The molecule has 0 radical (unpaired) electrons. The Morgan fingerprint density at radius 1 is 1.02 bits per heavy atom. The normalized spacial score (nSPS) is 42.3. The molecule has 2 aromatic rings. The third-order valence-corrected chi connectivity index (χ3v) is 12.7. The average molecular weight is 653 g/mol. The second-order valence-electron chi connectivity index (χ2n) is 14.0. The molecule has 0 amide bonds. The Kier molecular flexibility index (Phi) is 7.89. The van der Waals surface area contributed by atoms with Gasteiger partial charge >= 0.3 is 0 Å². The quantitative estimate of drug-likeness (QED) is 0.376. The molecule has 7 rings (SSSR count). The van der Waals surface area contributed by atoms with E-state index in [1.54, 1.807) is 32.5 Å². The van der Waals surface area contributed by atoms with Crippen LogP contribution in [0.15, 0.2) is 82.1 Å². The number of alkyl halides is 2. The number of fused-ring (bicyclic) bond motifs is 7. The monoisotopic (exact) mass is 652 g/mol. The molecule has 5 aliphatic rings.